The number of rotatable bonds is 19. The number of ether oxygens (including phenoxy) is 3. The molecule has 2 unspecified atom stereocenters. The summed E-state index contributed by atoms with van der Waals surface area (Å²) in [5, 5.41) is 27.3. The van der Waals surface area contributed by atoms with Crippen molar-refractivity contribution in [2.75, 3.05) is 13.2 Å². The third-order valence-corrected chi connectivity index (χ3v) is 10.2. The average molecular weight is 955 g/mol. The number of nitrogens with one attached hydrogen (secondary N) is 4. The minimum absolute atomic E-state index is 0. The summed E-state index contributed by atoms with van der Waals surface area (Å²) in [7, 11) is 0. The van der Waals surface area contributed by atoms with Crippen LogP contribution in [0, 0.1) is 0 Å². The summed E-state index contributed by atoms with van der Waals surface area (Å²) in [5.74, 6) is 0.0645. The highest BCUT2D eigenvalue weighted by atomic mass is 35.5. The molecular weight excluding hydrogens is 888 g/mol. The number of halogens is 1. The second-order valence-corrected chi connectivity index (χ2v) is 18.2. The quantitative estimate of drug-likeness (QED) is 0.0570. The van der Waals surface area contributed by atoms with Crippen molar-refractivity contribution in [2.45, 2.75) is 116 Å². The molecule has 4 aromatic carbocycles. The molecule has 68 heavy (non-hydrogen) atoms. The number of hydrogen-bond acceptors (Lipinski definition) is 13. The summed E-state index contributed by atoms with van der Waals surface area (Å²) in [6.07, 6.45) is -0.690. The van der Waals surface area contributed by atoms with E-state index in [4.69, 9.17) is 19.9 Å². The molecule has 0 bridgehead atoms. The van der Waals surface area contributed by atoms with E-state index in [0.29, 0.717) is 24.9 Å². The van der Waals surface area contributed by atoms with Crippen molar-refractivity contribution in [3.63, 3.8) is 0 Å². The molecular formula is C49H66ClN12O6+. The van der Waals surface area contributed by atoms with E-state index in [2.05, 4.69) is 46.8 Å². The van der Waals surface area contributed by atoms with Gasteiger partial charge in [0.25, 0.3) is 0 Å². The van der Waals surface area contributed by atoms with Crippen LogP contribution in [0.25, 0.3) is 0 Å². The molecule has 18 nitrogen and oxygen atoms in total. The lowest BCUT2D eigenvalue weighted by Crippen LogP contribution is -2.58. The van der Waals surface area contributed by atoms with Gasteiger partial charge in [0.15, 0.2) is 23.1 Å². The first kappa shape index (κ1) is 53.9. The summed E-state index contributed by atoms with van der Waals surface area (Å²) in [6, 6.07) is 37.9. The minimum atomic E-state index is -1.27. The van der Waals surface area contributed by atoms with Crippen LogP contribution in [-0.2, 0) is 37.0 Å². The highest BCUT2D eigenvalue weighted by Gasteiger charge is 2.38. The number of amidine groups is 1. The van der Waals surface area contributed by atoms with Crippen LogP contribution in [0.3, 0.4) is 0 Å². The first-order valence-electron chi connectivity index (χ1n) is 22.2. The molecule has 1 aromatic heterocycles. The number of alkyl carbamates (subject to hydrolysis) is 1. The first-order chi connectivity index (χ1) is 31.8. The van der Waals surface area contributed by atoms with Crippen LogP contribution in [0.1, 0.15) is 109 Å². The normalized spacial score (nSPS) is 14.1. The van der Waals surface area contributed by atoms with Crippen molar-refractivity contribution in [1.82, 2.24) is 46.7 Å². The Hall–Kier alpha value is -6.69. The monoisotopic (exact) mass is 953 g/mol. The molecule has 1 aliphatic heterocycles. The van der Waals surface area contributed by atoms with E-state index in [1.54, 1.807) is 53.6 Å². The van der Waals surface area contributed by atoms with Gasteiger partial charge in [-0.1, -0.05) is 121 Å². The Balaban J connectivity index is 0.000000298. The maximum atomic E-state index is 13.2. The second kappa shape index (κ2) is 24.9. The highest BCUT2D eigenvalue weighted by Crippen LogP contribution is 2.21. The Labute approximate surface area is 404 Å². The van der Waals surface area contributed by atoms with Gasteiger partial charge in [0.05, 0.1) is 38.0 Å². The van der Waals surface area contributed by atoms with Crippen molar-refractivity contribution < 1.29 is 33.4 Å². The zero-order valence-electron chi connectivity index (χ0n) is 40.3. The van der Waals surface area contributed by atoms with Gasteiger partial charge in [-0.15, -0.1) is 32.8 Å². The van der Waals surface area contributed by atoms with Gasteiger partial charge in [0.1, 0.15) is 17.2 Å². The third kappa shape index (κ3) is 16.9. The number of carbonyl (C=O) groups is 3. The summed E-state index contributed by atoms with van der Waals surface area (Å²) in [6.45, 7) is 16.9. The Bertz CT molecular complexity index is 2410. The number of amides is 3. The van der Waals surface area contributed by atoms with Crippen molar-refractivity contribution in [3.05, 3.63) is 149 Å². The van der Waals surface area contributed by atoms with Gasteiger partial charge in [-0.2, -0.15) is 4.80 Å². The maximum absolute atomic E-state index is 13.2. The standard InChI is InChI=1S/C27H36N6O4.C22H28N6O2.ClH/c1-19(21-15-11-8-12-16-21)33-31-23(30-32-33)22(18-36-17-20-13-9-7-10-14-20)28-24(34)27(5,6)29-25(35)37-26(2,3)4;1-16(18-12-8-5-9-13-18)28-26-20(25-27-28)19(24-21(29)22(2,3)23)15-30-14-17-10-6-4-7-11-17;/h7-16,19,22H,17-18H2,1-6H3,(H,28,34)(H,29,35);4-13,16,19H,14-15,23H2,1-3H3,(H,24,29);1H/p+1/t19?,22-;16?,19-;/m11./s1. The van der Waals surface area contributed by atoms with Gasteiger partial charge in [-0.05, 0) is 94.9 Å². The van der Waals surface area contributed by atoms with E-state index in [1.165, 1.54) is 4.80 Å². The van der Waals surface area contributed by atoms with E-state index in [0.717, 1.165) is 22.3 Å². The third-order valence-electron chi connectivity index (χ3n) is 10.2. The lowest BCUT2D eigenvalue weighted by molar-refractivity contribution is -0.130. The lowest BCUT2D eigenvalue weighted by atomic mass is 10.0. The van der Waals surface area contributed by atoms with E-state index >= 15 is 0 Å². The van der Waals surface area contributed by atoms with E-state index in [9.17, 15) is 14.4 Å². The summed E-state index contributed by atoms with van der Waals surface area (Å²) in [4.78, 5) is 43.8. The summed E-state index contributed by atoms with van der Waals surface area (Å²) in [5.41, 5.74) is 10.3. The molecule has 4 atom stereocenters. The van der Waals surface area contributed by atoms with Gasteiger partial charge in [0, 0.05) is 0 Å². The van der Waals surface area contributed by atoms with Gasteiger partial charge in [-0.3, -0.25) is 9.59 Å². The first-order valence-corrected chi connectivity index (χ1v) is 22.2. The number of hydrazine groups is 1. The van der Waals surface area contributed by atoms with Crippen molar-refractivity contribution in [2.24, 2.45) is 11.0 Å². The number of nitrogens with two attached hydrogens (primary N) is 1. The number of tetrazole rings is 1. The molecule has 0 aliphatic carbocycles. The molecule has 364 valence electrons. The molecule has 5 aromatic rings. The van der Waals surface area contributed by atoms with Crippen LogP contribution in [0.4, 0.5) is 4.79 Å². The molecule has 0 fully saturated rings. The molecule has 0 radical (unpaired) electrons. The van der Waals surface area contributed by atoms with Crippen LogP contribution < -0.4 is 27.1 Å². The van der Waals surface area contributed by atoms with E-state index in [1.807, 2.05) is 135 Å². The lowest BCUT2D eigenvalue weighted by Gasteiger charge is -2.29. The fraction of sp³-hybridized carbons (Fsp3) is 0.408. The predicted octanol–water partition coefficient (Wildman–Crippen LogP) is 6.36. The van der Waals surface area contributed by atoms with Gasteiger partial charge >= 0.3 is 11.9 Å². The highest BCUT2D eigenvalue weighted by molar-refractivity contribution is 5.92. The van der Waals surface area contributed by atoms with Crippen LogP contribution in [-0.4, -0.2) is 89.8 Å². The van der Waals surface area contributed by atoms with Crippen LogP contribution in [0.5, 0.6) is 0 Å². The zero-order valence-corrected chi connectivity index (χ0v) is 41.1. The molecule has 19 heteroatoms. The fourth-order valence-corrected chi connectivity index (χ4v) is 6.26. The van der Waals surface area contributed by atoms with E-state index < -0.39 is 40.8 Å². The average Bonchev–Trinajstić information content (AvgIpc) is 4.00. The largest absolute Gasteiger partial charge is 0.444 e. The van der Waals surface area contributed by atoms with Crippen molar-refractivity contribution in [3.8, 4) is 0 Å². The van der Waals surface area contributed by atoms with Crippen molar-refractivity contribution >= 4 is 36.2 Å². The smallest absolute Gasteiger partial charge is 0.408 e. The Morgan fingerprint density at radius 1 is 0.691 bits per heavy atom. The maximum Gasteiger partial charge on any atom is 0.408 e. The molecule has 1 aliphatic rings. The predicted molar refractivity (Wildman–Crippen MR) is 260 cm³/mol. The fourth-order valence-electron chi connectivity index (χ4n) is 6.26. The molecule has 0 saturated carbocycles. The Kier molecular flexibility index (Phi) is 19.7. The summed E-state index contributed by atoms with van der Waals surface area (Å²) >= 11 is 0. The van der Waals surface area contributed by atoms with Crippen LogP contribution >= 0.6 is 12.4 Å². The molecule has 3 amide bonds. The zero-order chi connectivity index (χ0) is 48.6. The minimum Gasteiger partial charge on any atom is -0.444 e. The van der Waals surface area contributed by atoms with Crippen LogP contribution in [0.2, 0.25) is 0 Å². The van der Waals surface area contributed by atoms with Gasteiger partial charge in [-0.25, -0.2) is 4.79 Å². The summed E-state index contributed by atoms with van der Waals surface area (Å²) < 4.78 is 17.1. The number of aromatic nitrogens is 4. The van der Waals surface area contributed by atoms with Crippen molar-refractivity contribution in [1.29, 1.82) is 0 Å². The van der Waals surface area contributed by atoms with Crippen LogP contribution in [0.15, 0.2) is 127 Å². The molecule has 0 saturated heterocycles. The number of carbonyl (C=O) groups excluding carboxylic acids is 3. The SMILES string of the molecule is CC(c1ccccc1)N1N=[N+]=C([C@@H](COCc2ccccc2)NC(=O)C(C)(C)N)N1.CC(c1ccccc1)n1nnc([C@@H](COCc2ccccc2)NC(=O)C(C)(C)NC(=O)OC(C)(C)C)n1.Cl. The number of benzene rings is 4. The van der Waals surface area contributed by atoms with Gasteiger partial charge < -0.3 is 35.9 Å². The molecule has 0 spiro atoms. The number of nitrogens with zero attached hydrogens (tertiary/aromatic N) is 7. The molecule has 6 N–H and O–H groups in total. The Morgan fingerprint density at radius 2 is 1.16 bits per heavy atom. The molecule has 6 rings (SSSR count). The van der Waals surface area contributed by atoms with E-state index in [-0.39, 0.29) is 43.6 Å². The number of hydrogen-bond donors (Lipinski definition) is 5. The Morgan fingerprint density at radius 3 is 1.66 bits per heavy atom. The second-order valence-electron chi connectivity index (χ2n) is 18.2. The molecule has 2 heterocycles. The topological polar surface area (TPSA) is 226 Å². The van der Waals surface area contributed by atoms with Gasteiger partial charge in [0.2, 0.25) is 11.8 Å².